The monoisotopic (exact) mass is 421 g/mol. The minimum atomic E-state index is -0.284. The zero-order valence-corrected chi connectivity index (χ0v) is 17.6. The number of fused-ring (bicyclic) bond motifs is 1. The lowest BCUT2D eigenvalue weighted by atomic mass is 10.0. The molecule has 8 heteroatoms. The molecule has 31 heavy (non-hydrogen) atoms. The number of carbonyl (C=O) groups excluding carboxylic acids is 1. The third-order valence-corrected chi connectivity index (χ3v) is 5.14. The quantitative estimate of drug-likeness (QED) is 0.458. The van der Waals surface area contributed by atoms with Crippen molar-refractivity contribution in [2.24, 2.45) is 5.92 Å². The molecule has 7 nitrogen and oxygen atoms in total. The summed E-state index contributed by atoms with van der Waals surface area (Å²) in [4.78, 5) is 24.8. The average molecular weight is 421 g/mol. The van der Waals surface area contributed by atoms with Crippen LogP contribution in [0.5, 0.6) is 0 Å². The van der Waals surface area contributed by atoms with Crippen molar-refractivity contribution in [3.05, 3.63) is 65.6 Å². The van der Waals surface area contributed by atoms with Crippen molar-refractivity contribution in [3.8, 4) is 11.4 Å². The highest BCUT2D eigenvalue weighted by atomic mass is 19.1. The molecule has 0 bridgehead atoms. The maximum atomic E-state index is 13.5. The number of carbonyl (C=O) groups is 1. The number of para-hydroxylation sites is 2. The topological polar surface area (TPSA) is 96.7 Å². The number of benzene rings is 2. The molecule has 1 unspecified atom stereocenters. The Morgan fingerprint density at radius 1 is 1.19 bits per heavy atom. The first-order valence-corrected chi connectivity index (χ1v) is 10.2. The van der Waals surface area contributed by atoms with Gasteiger partial charge in [-0.05, 0) is 48.7 Å². The van der Waals surface area contributed by atoms with E-state index in [0.717, 1.165) is 16.9 Å². The molecule has 2 heterocycles. The highest BCUT2D eigenvalue weighted by Crippen LogP contribution is 2.23. The molecule has 1 atom stereocenters. The molecule has 0 saturated carbocycles. The Labute approximate surface area is 179 Å². The van der Waals surface area contributed by atoms with Crippen molar-refractivity contribution < 1.29 is 13.7 Å². The van der Waals surface area contributed by atoms with Gasteiger partial charge in [-0.25, -0.2) is 9.37 Å². The highest BCUT2D eigenvalue weighted by Gasteiger charge is 2.22. The first-order valence-electron chi connectivity index (χ1n) is 10.2. The summed E-state index contributed by atoms with van der Waals surface area (Å²) in [5.74, 6) is 1.21. The van der Waals surface area contributed by atoms with Crippen LogP contribution in [0.15, 0.2) is 47.0 Å². The van der Waals surface area contributed by atoms with Crippen LogP contribution >= 0.6 is 0 Å². The third-order valence-electron chi connectivity index (χ3n) is 5.14. The Morgan fingerprint density at radius 3 is 2.74 bits per heavy atom. The number of nitrogens with zero attached hydrogens (tertiary/aromatic N) is 3. The van der Waals surface area contributed by atoms with Gasteiger partial charge in [-0.1, -0.05) is 31.1 Å². The molecule has 0 aliphatic rings. The Hall–Kier alpha value is -3.55. The van der Waals surface area contributed by atoms with E-state index in [-0.39, 0.29) is 30.1 Å². The van der Waals surface area contributed by atoms with E-state index in [4.69, 9.17) is 4.52 Å². The second-order valence-corrected chi connectivity index (χ2v) is 7.90. The van der Waals surface area contributed by atoms with E-state index in [1.807, 2.05) is 38.1 Å². The van der Waals surface area contributed by atoms with Gasteiger partial charge < -0.3 is 14.8 Å². The molecule has 0 fully saturated rings. The number of amides is 1. The number of H-pyrrole nitrogens is 1. The van der Waals surface area contributed by atoms with Crippen LogP contribution < -0.4 is 5.32 Å². The van der Waals surface area contributed by atoms with E-state index < -0.39 is 0 Å². The zero-order valence-electron chi connectivity index (χ0n) is 17.6. The van der Waals surface area contributed by atoms with Crippen LogP contribution in [0.25, 0.3) is 22.4 Å². The van der Waals surface area contributed by atoms with Gasteiger partial charge in [0.2, 0.25) is 17.6 Å². The number of nitrogens with one attached hydrogen (secondary N) is 2. The zero-order chi connectivity index (χ0) is 22.0. The van der Waals surface area contributed by atoms with Crippen LogP contribution in [0.2, 0.25) is 0 Å². The lowest BCUT2D eigenvalue weighted by Gasteiger charge is -2.20. The Morgan fingerprint density at radius 2 is 2.00 bits per heavy atom. The van der Waals surface area contributed by atoms with Gasteiger partial charge in [-0.3, -0.25) is 4.79 Å². The van der Waals surface area contributed by atoms with Gasteiger partial charge in [-0.2, -0.15) is 4.98 Å². The number of aromatic amines is 1. The molecule has 0 radical (unpaired) electrons. The smallest absolute Gasteiger partial charge is 0.227 e. The Bertz CT molecular complexity index is 1180. The van der Waals surface area contributed by atoms with Crippen LogP contribution in [-0.4, -0.2) is 26.0 Å². The summed E-state index contributed by atoms with van der Waals surface area (Å²) in [6.07, 6.45) is 0.511. The number of imidazole rings is 1. The molecule has 0 aliphatic heterocycles. The Kier molecular flexibility index (Phi) is 5.79. The molecular formula is C23H24FN5O2. The number of halogens is 1. The van der Waals surface area contributed by atoms with E-state index in [9.17, 15) is 9.18 Å². The summed E-state index contributed by atoms with van der Waals surface area (Å²) in [6, 6.07) is 12.2. The lowest BCUT2D eigenvalue weighted by Crippen LogP contribution is -2.32. The maximum absolute atomic E-state index is 13.5. The normalized spacial score (nSPS) is 12.4. The van der Waals surface area contributed by atoms with Gasteiger partial charge in [0.25, 0.3) is 0 Å². The summed E-state index contributed by atoms with van der Waals surface area (Å²) in [5, 5.41) is 6.99. The molecule has 4 aromatic rings. The first kappa shape index (κ1) is 20.7. The molecule has 0 spiro atoms. The van der Waals surface area contributed by atoms with Gasteiger partial charge in [-0.15, -0.1) is 0 Å². The molecule has 0 saturated heterocycles. The fourth-order valence-corrected chi connectivity index (χ4v) is 3.39. The number of hydrogen-bond donors (Lipinski definition) is 2. The van der Waals surface area contributed by atoms with Crippen LogP contribution in [0.1, 0.15) is 43.6 Å². The first-order chi connectivity index (χ1) is 14.9. The molecule has 1 amide bonds. The average Bonchev–Trinajstić information content (AvgIpc) is 3.39. The number of aryl methyl sites for hydroxylation is 2. The summed E-state index contributed by atoms with van der Waals surface area (Å²) >= 11 is 0. The maximum Gasteiger partial charge on any atom is 0.227 e. The number of rotatable bonds is 7. The van der Waals surface area contributed by atoms with Gasteiger partial charge in [0.15, 0.2) is 0 Å². The second kappa shape index (κ2) is 8.67. The van der Waals surface area contributed by atoms with Gasteiger partial charge in [0.05, 0.1) is 17.1 Å². The van der Waals surface area contributed by atoms with Crippen molar-refractivity contribution in [3.63, 3.8) is 0 Å². The third kappa shape index (κ3) is 4.63. The predicted octanol–water partition coefficient (Wildman–Crippen LogP) is 4.51. The molecule has 2 aromatic carbocycles. The molecule has 0 aliphatic carbocycles. The van der Waals surface area contributed by atoms with Crippen LogP contribution in [0.3, 0.4) is 0 Å². The summed E-state index contributed by atoms with van der Waals surface area (Å²) in [7, 11) is 0. The predicted molar refractivity (Wildman–Crippen MR) is 115 cm³/mol. The van der Waals surface area contributed by atoms with Crippen LogP contribution in [-0.2, 0) is 11.2 Å². The van der Waals surface area contributed by atoms with Crippen molar-refractivity contribution in [1.29, 1.82) is 0 Å². The van der Waals surface area contributed by atoms with Gasteiger partial charge >= 0.3 is 0 Å². The van der Waals surface area contributed by atoms with E-state index in [2.05, 4.69) is 25.4 Å². The standard InChI is InChI=1S/C23H24FN5O2/c1-13(2)21(23-25-17-6-4-5-7-18(17)26-23)27-19(30)10-11-20-28-22(29-31-20)15-8-9-16(24)14(3)12-15/h4-9,12-13,21H,10-11H2,1-3H3,(H,25,26)(H,27,30). The molecule has 2 N–H and O–H groups in total. The van der Waals surface area contributed by atoms with Crippen LogP contribution in [0, 0.1) is 18.7 Å². The van der Waals surface area contributed by atoms with Crippen molar-refractivity contribution >= 4 is 16.9 Å². The summed E-state index contributed by atoms with van der Waals surface area (Å²) < 4.78 is 18.7. The van der Waals surface area contributed by atoms with Crippen LogP contribution in [0.4, 0.5) is 4.39 Å². The SMILES string of the molecule is Cc1cc(-c2noc(CCC(=O)NC(c3nc4ccccc4[nH]3)C(C)C)n2)ccc1F. The van der Waals surface area contributed by atoms with Gasteiger partial charge in [0.1, 0.15) is 11.6 Å². The molecule has 4 rings (SSSR count). The highest BCUT2D eigenvalue weighted by molar-refractivity contribution is 5.77. The minimum absolute atomic E-state index is 0.128. The number of hydrogen-bond acceptors (Lipinski definition) is 5. The molecular weight excluding hydrogens is 397 g/mol. The minimum Gasteiger partial charge on any atom is -0.346 e. The summed E-state index contributed by atoms with van der Waals surface area (Å²) in [6.45, 7) is 5.75. The fraction of sp³-hybridized carbons (Fsp3) is 0.304. The van der Waals surface area contributed by atoms with E-state index in [1.54, 1.807) is 19.1 Å². The molecule has 160 valence electrons. The van der Waals surface area contributed by atoms with Crippen molar-refractivity contribution in [1.82, 2.24) is 25.4 Å². The fourth-order valence-electron chi connectivity index (χ4n) is 3.39. The largest absolute Gasteiger partial charge is 0.346 e. The van der Waals surface area contributed by atoms with E-state index in [1.165, 1.54) is 6.07 Å². The lowest BCUT2D eigenvalue weighted by molar-refractivity contribution is -0.122. The second-order valence-electron chi connectivity index (χ2n) is 7.90. The van der Waals surface area contributed by atoms with Crippen molar-refractivity contribution in [2.75, 3.05) is 0 Å². The Balaban J connectivity index is 1.40. The van der Waals surface area contributed by atoms with E-state index in [0.29, 0.717) is 29.3 Å². The van der Waals surface area contributed by atoms with Gasteiger partial charge in [0, 0.05) is 18.4 Å². The van der Waals surface area contributed by atoms with E-state index >= 15 is 0 Å². The number of aromatic nitrogens is 4. The molecule has 2 aromatic heterocycles. The van der Waals surface area contributed by atoms with Crippen molar-refractivity contribution in [2.45, 2.75) is 39.7 Å². The summed E-state index contributed by atoms with van der Waals surface area (Å²) in [5.41, 5.74) is 2.98.